The quantitative estimate of drug-likeness (QED) is 0.663. The van der Waals surface area contributed by atoms with Crippen LogP contribution in [0, 0.1) is 12.3 Å². The number of nitrogens with zero attached hydrogens (tertiary/aromatic N) is 1. The average Bonchev–Trinajstić information content (AvgIpc) is 3.08. The third-order valence-corrected chi connectivity index (χ3v) is 4.17. The van der Waals surface area contributed by atoms with Crippen molar-refractivity contribution in [2.75, 3.05) is 15.6 Å². The first-order chi connectivity index (χ1) is 12.3. The van der Waals surface area contributed by atoms with E-state index in [4.69, 9.17) is 0 Å². The molecule has 4 N–H and O–H groups in total. The number of hydrogen-bond acceptors (Lipinski definition) is 4. The predicted octanol–water partition coefficient (Wildman–Crippen LogP) is 4.36. The Labute approximate surface area is 154 Å². The molecule has 136 valence electrons. The Kier molecular flexibility index (Phi) is 4.86. The van der Waals surface area contributed by atoms with Crippen LogP contribution < -0.4 is 26.6 Å². The maximum atomic E-state index is 12.2. The van der Waals surface area contributed by atoms with E-state index >= 15 is 0 Å². The van der Waals surface area contributed by atoms with Gasteiger partial charge in [-0.3, -0.25) is 5.01 Å². The second-order valence-electron chi connectivity index (χ2n) is 7.34. The van der Waals surface area contributed by atoms with Gasteiger partial charge in [-0.15, -0.1) is 5.53 Å². The minimum atomic E-state index is -0.261. The molecule has 0 fully saturated rings. The molecule has 2 aromatic rings. The number of nitrogens with one attached hydrogen (secondary N) is 4. The Balaban J connectivity index is 1.62. The highest BCUT2D eigenvalue weighted by Crippen LogP contribution is 2.27. The maximum absolute atomic E-state index is 12.2. The largest absolute Gasteiger partial charge is 0.323 e. The van der Waals surface area contributed by atoms with Gasteiger partial charge in [-0.1, -0.05) is 39.0 Å². The Morgan fingerprint density at radius 1 is 1.00 bits per heavy atom. The van der Waals surface area contributed by atoms with Crippen LogP contribution in [0.5, 0.6) is 0 Å². The first-order valence-electron chi connectivity index (χ1n) is 8.60. The molecule has 0 aliphatic carbocycles. The van der Waals surface area contributed by atoms with Gasteiger partial charge in [-0.25, -0.2) is 4.79 Å². The van der Waals surface area contributed by atoms with Gasteiger partial charge in [0.1, 0.15) is 0 Å². The number of rotatable bonds is 3. The highest BCUT2D eigenvalue weighted by molar-refractivity contribution is 6.00. The van der Waals surface area contributed by atoms with Crippen molar-refractivity contribution in [1.82, 2.24) is 11.0 Å². The Hall–Kier alpha value is -2.99. The summed E-state index contributed by atoms with van der Waals surface area (Å²) < 4.78 is 0. The van der Waals surface area contributed by atoms with Crippen molar-refractivity contribution in [3.05, 3.63) is 66.0 Å². The standard InChI is InChI=1S/C20H25N5O/c1-14-7-5-6-8-17(14)22-19(26)21-15-9-11-16(12-10-15)25-13-18(23-24-25)20(2,3)4/h5-13,23-24H,1-4H3,(H2,21,22,26). The van der Waals surface area contributed by atoms with Gasteiger partial charge in [0.15, 0.2) is 0 Å². The highest BCUT2D eigenvalue weighted by Gasteiger charge is 2.23. The second-order valence-corrected chi connectivity index (χ2v) is 7.34. The molecule has 0 saturated heterocycles. The lowest BCUT2D eigenvalue weighted by Gasteiger charge is -2.18. The molecule has 0 spiro atoms. The number of para-hydroxylation sites is 1. The summed E-state index contributed by atoms with van der Waals surface area (Å²) in [6, 6.07) is 15.0. The summed E-state index contributed by atoms with van der Waals surface area (Å²) in [5, 5.41) is 7.62. The van der Waals surface area contributed by atoms with E-state index in [1.165, 1.54) is 0 Å². The minimum Gasteiger partial charge on any atom is -0.308 e. The smallest absolute Gasteiger partial charge is 0.308 e. The van der Waals surface area contributed by atoms with Crippen molar-refractivity contribution >= 4 is 23.1 Å². The number of anilines is 3. The first-order valence-corrected chi connectivity index (χ1v) is 8.60. The first kappa shape index (κ1) is 17.8. The van der Waals surface area contributed by atoms with Crippen molar-refractivity contribution in [2.24, 2.45) is 5.41 Å². The molecule has 3 rings (SSSR count). The van der Waals surface area contributed by atoms with Crippen molar-refractivity contribution in [3.8, 4) is 0 Å². The number of carbonyl (C=O) groups is 1. The van der Waals surface area contributed by atoms with Gasteiger partial charge in [-0.2, -0.15) is 0 Å². The minimum absolute atomic E-state index is 0.0386. The van der Waals surface area contributed by atoms with E-state index in [-0.39, 0.29) is 11.4 Å². The molecule has 2 aromatic carbocycles. The van der Waals surface area contributed by atoms with E-state index in [1.54, 1.807) is 0 Å². The van der Waals surface area contributed by atoms with Crippen molar-refractivity contribution in [3.63, 3.8) is 0 Å². The van der Waals surface area contributed by atoms with Crippen LogP contribution in [0.2, 0.25) is 0 Å². The molecule has 0 atom stereocenters. The molecular weight excluding hydrogens is 326 g/mol. The third kappa shape index (κ3) is 4.15. The number of hydrogen-bond donors (Lipinski definition) is 4. The lowest BCUT2D eigenvalue weighted by molar-refractivity contribution is 0.262. The molecule has 1 heterocycles. The van der Waals surface area contributed by atoms with E-state index in [0.29, 0.717) is 0 Å². The highest BCUT2D eigenvalue weighted by atomic mass is 16.2. The summed E-state index contributed by atoms with van der Waals surface area (Å²) in [6.07, 6.45) is 2.04. The van der Waals surface area contributed by atoms with Gasteiger partial charge in [0.25, 0.3) is 0 Å². The summed E-state index contributed by atoms with van der Waals surface area (Å²) in [7, 11) is 0. The van der Waals surface area contributed by atoms with Gasteiger partial charge in [0, 0.05) is 23.0 Å². The number of urea groups is 1. The van der Waals surface area contributed by atoms with Gasteiger partial charge in [0.2, 0.25) is 0 Å². The van der Waals surface area contributed by atoms with E-state index in [1.807, 2.05) is 66.7 Å². The zero-order chi connectivity index (χ0) is 18.7. The molecule has 0 unspecified atom stereocenters. The van der Waals surface area contributed by atoms with Gasteiger partial charge in [0.05, 0.1) is 11.4 Å². The summed E-state index contributed by atoms with van der Waals surface area (Å²) in [6.45, 7) is 8.41. The van der Waals surface area contributed by atoms with Crippen molar-refractivity contribution in [2.45, 2.75) is 27.7 Å². The summed E-state index contributed by atoms with van der Waals surface area (Å²) in [5.41, 5.74) is 11.0. The topological polar surface area (TPSA) is 68.4 Å². The molecule has 1 aliphatic heterocycles. The van der Waals surface area contributed by atoms with Crippen LogP contribution >= 0.6 is 0 Å². The number of aryl methyl sites for hydroxylation is 1. The zero-order valence-electron chi connectivity index (χ0n) is 15.6. The lowest BCUT2D eigenvalue weighted by atomic mass is 9.93. The zero-order valence-corrected chi connectivity index (χ0v) is 15.6. The monoisotopic (exact) mass is 351 g/mol. The van der Waals surface area contributed by atoms with Crippen LogP contribution in [-0.4, -0.2) is 6.03 Å². The van der Waals surface area contributed by atoms with Crippen LogP contribution in [0.4, 0.5) is 21.9 Å². The van der Waals surface area contributed by atoms with Crippen LogP contribution in [0.3, 0.4) is 0 Å². The molecule has 2 amide bonds. The fraction of sp³-hybridized carbons (Fsp3) is 0.250. The molecule has 0 radical (unpaired) electrons. The molecule has 6 nitrogen and oxygen atoms in total. The van der Waals surface area contributed by atoms with Gasteiger partial charge in [-0.05, 0) is 42.8 Å². The fourth-order valence-electron chi connectivity index (χ4n) is 2.54. The Morgan fingerprint density at radius 2 is 1.69 bits per heavy atom. The van der Waals surface area contributed by atoms with Crippen LogP contribution in [0.15, 0.2) is 60.4 Å². The molecular formula is C20H25N5O. The molecule has 0 saturated carbocycles. The van der Waals surface area contributed by atoms with Crippen molar-refractivity contribution < 1.29 is 4.79 Å². The second kappa shape index (κ2) is 7.09. The normalized spacial score (nSPS) is 13.8. The lowest BCUT2D eigenvalue weighted by Crippen LogP contribution is -2.37. The van der Waals surface area contributed by atoms with Crippen LogP contribution in [-0.2, 0) is 0 Å². The molecule has 6 heteroatoms. The Bertz CT molecular complexity index is 821. The number of amides is 2. The van der Waals surface area contributed by atoms with Crippen LogP contribution in [0.1, 0.15) is 26.3 Å². The predicted molar refractivity (Wildman–Crippen MR) is 107 cm³/mol. The number of hydrazine groups is 2. The van der Waals surface area contributed by atoms with Gasteiger partial charge < -0.3 is 16.1 Å². The Morgan fingerprint density at radius 3 is 2.31 bits per heavy atom. The summed E-state index contributed by atoms with van der Waals surface area (Å²) >= 11 is 0. The maximum Gasteiger partial charge on any atom is 0.323 e. The SMILES string of the molecule is Cc1ccccc1NC(=O)Nc1ccc(N2C=C(C(C)(C)C)NN2)cc1. The molecule has 0 aromatic heterocycles. The van der Waals surface area contributed by atoms with Crippen LogP contribution in [0.25, 0.3) is 0 Å². The van der Waals surface area contributed by atoms with E-state index in [2.05, 4.69) is 42.4 Å². The number of allylic oxidation sites excluding steroid dienone is 1. The molecule has 0 bridgehead atoms. The van der Waals surface area contributed by atoms with Crippen molar-refractivity contribution in [1.29, 1.82) is 0 Å². The summed E-state index contributed by atoms with van der Waals surface area (Å²) in [4.78, 5) is 12.2. The number of benzene rings is 2. The van der Waals surface area contributed by atoms with E-state index in [9.17, 15) is 4.79 Å². The number of carbonyl (C=O) groups excluding carboxylic acids is 1. The van der Waals surface area contributed by atoms with E-state index < -0.39 is 0 Å². The van der Waals surface area contributed by atoms with Gasteiger partial charge >= 0.3 is 6.03 Å². The molecule has 26 heavy (non-hydrogen) atoms. The molecule has 1 aliphatic rings. The fourth-order valence-corrected chi connectivity index (χ4v) is 2.54. The van der Waals surface area contributed by atoms with E-state index in [0.717, 1.165) is 28.3 Å². The summed E-state index contributed by atoms with van der Waals surface area (Å²) in [5.74, 6) is 0. The third-order valence-electron chi connectivity index (χ3n) is 4.17. The average molecular weight is 351 g/mol.